The molecule has 0 aromatic carbocycles. The van der Waals surface area contributed by atoms with E-state index in [1.54, 1.807) is 7.05 Å². The number of aliphatic imine (C=N–C) groups is 1. The summed E-state index contributed by atoms with van der Waals surface area (Å²) < 4.78 is 7.40. The molecule has 0 bridgehead atoms. The van der Waals surface area contributed by atoms with Gasteiger partial charge in [0.15, 0.2) is 11.8 Å². The lowest BCUT2D eigenvalue weighted by molar-refractivity contribution is 0.463. The first-order valence-electron chi connectivity index (χ1n) is 8.82. The molecule has 8 heteroatoms. The monoisotopic (exact) mass is 367 g/mol. The summed E-state index contributed by atoms with van der Waals surface area (Å²) in [5.41, 5.74) is 3.99. The van der Waals surface area contributed by atoms with Gasteiger partial charge in [-0.2, -0.15) is 5.10 Å². The minimum Gasteiger partial charge on any atom is -0.444 e. The number of nitrogens with one attached hydrogen (secondary N) is 2. The summed E-state index contributed by atoms with van der Waals surface area (Å²) >= 11 is 0. The van der Waals surface area contributed by atoms with Gasteiger partial charge in [0.2, 0.25) is 5.89 Å². The quantitative estimate of drug-likeness (QED) is 0.531. The third-order valence-corrected chi connectivity index (χ3v) is 4.20. The Morgan fingerprint density at radius 3 is 2.48 bits per heavy atom. The molecule has 0 aliphatic carbocycles. The van der Waals surface area contributed by atoms with E-state index in [0.29, 0.717) is 24.9 Å². The van der Waals surface area contributed by atoms with Gasteiger partial charge >= 0.3 is 0 Å². The minimum atomic E-state index is 0.476. The molecule has 3 rings (SSSR count). The molecule has 0 amide bonds. The Morgan fingerprint density at radius 2 is 1.93 bits per heavy atom. The average Bonchev–Trinajstić information content (AvgIpc) is 3.16. The molecule has 0 saturated heterocycles. The highest BCUT2D eigenvalue weighted by atomic mass is 16.4. The van der Waals surface area contributed by atoms with Gasteiger partial charge in [0, 0.05) is 25.5 Å². The van der Waals surface area contributed by atoms with Crippen molar-refractivity contribution < 1.29 is 4.42 Å². The van der Waals surface area contributed by atoms with Crippen LogP contribution in [0, 0.1) is 27.7 Å². The van der Waals surface area contributed by atoms with Crippen LogP contribution >= 0.6 is 0 Å². The maximum Gasteiger partial charge on any atom is 0.214 e. The second-order valence-electron chi connectivity index (χ2n) is 6.39. The fraction of sp³-hybridized carbons (Fsp3) is 0.368. The van der Waals surface area contributed by atoms with Gasteiger partial charge in [0.25, 0.3) is 0 Å². The minimum absolute atomic E-state index is 0.476. The Morgan fingerprint density at radius 1 is 1.15 bits per heavy atom. The fourth-order valence-electron chi connectivity index (χ4n) is 2.69. The maximum atomic E-state index is 5.56. The molecule has 0 atom stereocenters. The Hall–Kier alpha value is -3.16. The highest BCUT2D eigenvalue weighted by Gasteiger charge is 2.07. The standard InChI is InChI=1S/C19H25N7O/c1-12-8-13(2)26(25-12)17-7-6-16(9-21-17)10-22-19(20-5)23-11-18-24-14(3)15(4)27-18/h6-9H,10-11H2,1-5H3,(H2,20,22,23). The van der Waals surface area contributed by atoms with Crippen molar-refractivity contribution in [3.8, 4) is 5.82 Å². The van der Waals surface area contributed by atoms with Gasteiger partial charge in [0.1, 0.15) is 5.76 Å². The van der Waals surface area contributed by atoms with Crippen molar-refractivity contribution in [1.29, 1.82) is 0 Å². The molecule has 0 aliphatic heterocycles. The number of oxazole rings is 1. The number of aryl methyl sites for hydroxylation is 4. The Bertz CT molecular complexity index is 918. The first-order valence-corrected chi connectivity index (χ1v) is 8.82. The van der Waals surface area contributed by atoms with Crippen LogP contribution in [0.1, 0.15) is 34.3 Å². The van der Waals surface area contributed by atoms with Crippen molar-refractivity contribution >= 4 is 5.96 Å². The number of hydrogen-bond acceptors (Lipinski definition) is 5. The van der Waals surface area contributed by atoms with E-state index in [1.165, 1.54) is 0 Å². The molecule has 142 valence electrons. The molecule has 0 radical (unpaired) electrons. The number of pyridine rings is 1. The van der Waals surface area contributed by atoms with Gasteiger partial charge in [-0.1, -0.05) is 6.07 Å². The number of hydrogen-bond donors (Lipinski definition) is 2. The van der Waals surface area contributed by atoms with E-state index in [1.807, 2.05) is 56.8 Å². The van der Waals surface area contributed by atoms with Crippen LogP contribution in [0.4, 0.5) is 0 Å². The largest absolute Gasteiger partial charge is 0.444 e. The lowest BCUT2D eigenvalue weighted by Gasteiger charge is -2.11. The van der Waals surface area contributed by atoms with Gasteiger partial charge in [-0.25, -0.2) is 14.6 Å². The molecule has 27 heavy (non-hydrogen) atoms. The molecule has 2 N–H and O–H groups in total. The van der Waals surface area contributed by atoms with E-state index in [2.05, 4.69) is 30.7 Å². The topological polar surface area (TPSA) is 93.2 Å². The molecule has 3 aromatic rings. The normalized spacial score (nSPS) is 11.7. The number of rotatable bonds is 5. The van der Waals surface area contributed by atoms with Crippen LogP contribution in [0.3, 0.4) is 0 Å². The Balaban J connectivity index is 1.56. The maximum absolute atomic E-state index is 5.56. The van der Waals surface area contributed by atoms with Crippen molar-refractivity contribution in [2.45, 2.75) is 40.8 Å². The summed E-state index contributed by atoms with van der Waals surface area (Å²) in [5.74, 6) is 2.96. The highest BCUT2D eigenvalue weighted by molar-refractivity contribution is 5.79. The summed E-state index contributed by atoms with van der Waals surface area (Å²) in [6, 6.07) is 6.02. The lowest BCUT2D eigenvalue weighted by atomic mass is 10.3. The summed E-state index contributed by atoms with van der Waals surface area (Å²) in [6.07, 6.45) is 1.84. The van der Waals surface area contributed by atoms with Gasteiger partial charge in [-0.3, -0.25) is 4.99 Å². The zero-order chi connectivity index (χ0) is 19.4. The molecule has 0 unspecified atom stereocenters. The van der Waals surface area contributed by atoms with E-state index in [9.17, 15) is 0 Å². The summed E-state index contributed by atoms with van der Waals surface area (Å²) in [5, 5.41) is 10.9. The first-order chi connectivity index (χ1) is 13.0. The van der Waals surface area contributed by atoms with Crippen molar-refractivity contribution in [2.24, 2.45) is 4.99 Å². The number of guanidine groups is 1. The van der Waals surface area contributed by atoms with E-state index >= 15 is 0 Å². The third kappa shape index (κ3) is 4.52. The van der Waals surface area contributed by atoms with Gasteiger partial charge in [0.05, 0.1) is 17.9 Å². The van der Waals surface area contributed by atoms with Crippen molar-refractivity contribution in [1.82, 2.24) is 30.4 Å². The van der Waals surface area contributed by atoms with E-state index in [-0.39, 0.29) is 0 Å². The van der Waals surface area contributed by atoms with Crippen molar-refractivity contribution in [3.63, 3.8) is 0 Å². The van der Waals surface area contributed by atoms with Gasteiger partial charge in [-0.15, -0.1) is 0 Å². The van der Waals surface area contributed by atoms with E-state index in [0.717, 1.165) is 34.2 Å². The zero-order valence-corrected chi connectivity index (χ0v) is 16.4. The molecular formula is C19H25N7O. The van der Waals surface area contributed by atoms with Crippen LogP contribution in [0.25, 0.3) is 5.82 Å². The van der Waals surface area contributed by atoms with Crippen molar-refractivity contribution in [2.75, 3.05) is 7.05 Å². The summed E-state index contributed by atoms with van der Waals surface area (Å²) in [6.45, 7) is 8.90. The van der Waals surface area contributed by atoms with Crippen LogP contribution in [-0.2, 0) is 13.1 Å². The number of aromatic nitrogens is 4. The van der Waals surface area contributed by atoms with Crippen LogP contribution in [0.2, 0.25) is 0 Å². The van der Waals surface area contributed by atoms with E-state index in [4.69, 9.17) is 4.42 Å². The fourth-order valence-corrected chi connectivity index (χ4v) is 2.69. The second-order valence-corrected chi connectivity index (χ2v) is 6.39. The van der Waals surface area contributed by atoms with Crippen LogP contribution in [0.5, 0.6) is 0 Å². The van der Waals surface area contributed by atoms with Crippen LogP contribution < -0.4 is 10.6 Å². The molecule has 0 spiro atoms. The Labute approximate surface area is 158 Å². The van der Waals surface area contributed by atoms with E-state index < -0.39 is 0 Å². The van der Waals surface area contributed by atoms with Gasteiger partial charge < -0.3 is 15.1 Å². The summed E-state index contributed by atoms with van der Waals surface area (Å²) in [7, 11) is 1.73. The summed E-state index contributed by atoms with van der Waals surface area (Å²) in [4.78, 5) is 13.1. The predicted molar refractivity (Wildman–Crippen MR) is 104 cm³/mol. The Kier molecular flexibility index (Phi) is 5.54. The molecule has 8 nitrogen and oxygen atoms in total. The predicted octanol–water partition coefficient (Wildman–Crippen LogP) is 2.35. The highest BCUT2D eigenvalue weighted by Crippen LogP contribution is 2.10. The molecular weight excluding hydrogens is 342 g/mol. The lowest BCUT2D eigenvalue weighted by Crippen LogP contribution is -2.36. The number of nitrogens with zero attached hydrogens (tertiary/aromatic N) is 5. The first kappa shape index (κ1) is 18.6. The van der Waals surface area contributed by atoms with Crippen molar-refractivity contribution in [3.05, 3.63) is 58.7 Å². The molecule has 0 aliphatic rings. The molecule has 3 heterocycles. The van der Waals surface area contributed by atoms with Crippen LogP contribution in [0.15, 0.2) is 33.8 Å². The third-order valence-electron chi connectivity index (χ3n) is 4.20. The van der Waals surface area contributed by atoms with Crippen LogP contribution in [-0.4, -0.2) is 32.8 Å². The molecule has 0 saturated carbocycles. The average molecular weight is 367 g/mol. The zero-order valence-electron chi connectivity index (χ0n) is 16.4. The molecule has 0 fully saturated rings. The smallest absolute Gasteiger partial charge is 0.214 e. The second kappa shape index (κ2) is 8.03. The van der Waals surface area contributed by atoms with Gasteiger partial charge in [-0.05, 0) is 45.4 Å². The SMILES string of the molecule is CN=C(NCc1ccc(-n2nc(C)cc2C)nc1)NCc1nc(C)c(C)o1. The molecule has 3 aromatic heterocycles.